The largest absolute Gasteiger partial charge is 0.501 e. The predicted molar refractivity (Wildman–Crippen MR) is 81.6 cm³/mol. The Hall–Kier alpha value is -0.310. The summed E-state index contributed by atoms with van der Waals surface area (Å²) in [5.41, 5.74) is 1.47. The lowest BCUT2D eigenvalue weighted by molar-refractivity contribution is 0.223. The van der Waals surface area contributed by atoms with Gasteiger partial charge in [-0.3, -0.25) is 4.21 Å². The average molecular weight is 284 g/mol. The lowest BCUT2D eigenvalue weighted by Gasteiger charge is -2.26. The van der Waals surface area contributed by atoms with Gasteiger partial charge in [-0.1, -0.05) is 19.3 Å². The molecule has 0 spiro atoms. The molecule has 2 nitrogen and oxygen atoms in total. The minimum atomic E-state index is -0.670. The topological polar surface area (TPSA) is 26.3 Å². The summed E-state index contributed by atoms with van der Waals surface area (Å²) in [7, 11) is -0.670. The Balaban J connectivity index is 1.75. The van der Waals surface area contributed by atoms with E-state index >= 15 is 0 Å². The third-order valence-electron chi connectivity index (χ3n) is 4.58. The summed E-state index contributed by atoms with van der Waals surface area (Å²) in [6.45, 7) is 2.91. The monoisotopic (exact) mass is 284 g/mol. The number of hydrogen-bond donors (Lipinski definition) is 0. The molecule has 1 saturated carbocycles. The zero-order chi connectivity index (χ0) is 13.6. The van der Waals surface area contributed by atoms with E-state index in [1.54, 1.807) is 0 Å². The fourth-order valence-electron chi connectivity index (χ4n) is 3.08. The quantitative estimate of drug-likeness (QED) is 0.567. The predicted octanol–water partition coefficient (Wildman–Crippen LogP) is 4.32. The first kappa shape index (κ1) is 15.1. The first-order chi connectivity index (χ1) is 9.21. The summed E-state index contributed by atoms with van der Waals surface area (Å²) in [4.78, 5) is 0. The molecule has 2 unspecified atom stereocenters. The van der Waals surface area contributed by atoms with Crippen molar-refractivity contribution in [3.8, 4) is 0 Å². The Morgan fingerprint density at radius 3 is 2.68 bits per heavy atom. The van der Waals surface area contributed by atoms with E-state index in [-0.39, 0.29) is 4.75 Å². The van der Waals surface area contributed by atoms with Crippen molar-refractivity contribution in [2.45, 2.75) is 75.9 Å². The Labute approximate surface area is 120 Å². The van der Waals surface area contributed by atoms with Crippen LogP contribution in [0.15, 0.2) is 11.8 Å². The van der Waals surface area contributed by atoms with Crippen molar-refractivity contribution >= 4 is 10.8 Å². The first-order valence-corrected chi connectivity index (χ1v) is 9.21. The van der Waals surface area contributed by atoms with E-state index < -0.39 is 10.8 Å². The van der Waals surface area contributed by atoms with Crippen molar-refractivity contribution in [1.82, 2.24) is 0 Å². The van der Waals surface area contributed by atoms with E-state index in [9.17, 15) is 4.21 Å². The molecule has 0 radical (unpaired) electrons. The molecule has 1 aliphatic heterocycles. The van der Waals surface area contributed by atoms with E-state index in [4.69, 9.17) is 4.74 Å². The van der Waals surface area contributed by atoms with Gasteiger partial charge in [-0.25, -0.2) is 0 Å². The number of hydrogen-bond acceptors (Lipinski definition) is 2. The van der Waals surface area contributed by atoms with E-state index in [1.165, 1.54) is 50.5 Å². The Kier molecular flexibility index (Phi) is 5.93. The van der Waals surface area contributed by atoms with Crippen LogP contribution in [0.2, 0.25) is 0 Å². The van der Waals surface area contributed by atoms with Crippen molar-refractivity contribution < 1.29 is 8.95 Å². The van der Waals surface area contributed by atoms with Gasteiger partial charge in [0.05, 0.1) is 12.9 Å². The Morgan fingerprint density at radius 2 is 1.89 bits per heavy atom. The second kappa shape index (κ2) is 7.47. The van der Waals surface area contributed by atoms with E-state index in [0.717, 1.165) is 31.6 Å². The van der Waals surface area contributed by atoms with Gasteiger partial charge in [0, 0.05) is 21.3 Å². The van der Waals surface area contributed by atoms with Gasteiger partial charge in [-0.2, -0.15) is 0 Å². The lowest BCUT2D eigenvalue weighted by Crippen LogP contribution is -2.32. The zero-order valence-corrected chi connectivity index (χ0v) is 13.1. The zero-order valence-electron chi connectivity index (χ0n) is 12.3. The smallest absolute Gasteiger partial charge is 0.0887 e. The SMILES string of the molecule is CC1(CCOC=C2CCCCC2)CCCCCS1=O. The van der Waals surface area contributed by atoms with Gasteiger partial charge in [0.1, 0.15) is 0 Å². The van der Waals surface area contributed by atoms with E-state index in [0.29, 0.717) is 0 Å². The summed E-state index contributed by atoms with van der Waals surface area (Å²) < 4.78 is 18.0. The van der Waals surface area contributed by atoms with E-state index in [2.05, 4.69) is 6.92 Å². The Morgan fingerprint density at radius 1 is 1.16 bits per heavy atom. The number of allylic oxidation sites excluding steroid dienone is 1. The van der Waals surface area contributed by atoms with Gasteiger partial charge in [-0.05, 0) is 57.4 Å². The standard InChI is InChI=1S/C16H28O2S/c1-16(10-6-3-7-13-19(16)17)11-12-18-14-15-8-4-2-5-9-15/h14H,2-13H2,1H3. The molecule has 0 amide bonds. The van der Waals surface area contributed by atoms with Crippen molar-refractivity contribution in [3.63, 3.8) is 0 Å². The highest BCUT2D eigenvalue weighted by Gasteiger charge is 2.32. The minimum absolute atomic E-state index is 0.0123. The van der Waals surface area contributed by atoms with Crippen LogP contribution in [-0.4, -0.2) is 21.3 Å². The van der Waals surface area contributed by atoms with Crippen LogP contribution in [0.3, 0.4) is 0 Å². The van der Waals surface area contributed by atoms with Crippen LogP contribution in [0.4, 0.5) is 0 Å². The number of rotatable bonds is 4. The second-order valence-electron chi connectivity index (χ2n) is 6.27. The van der Waals surface area contributed by atoms with Crippen LogP contribution < -0.4 is 0 Å². The van der Waals surface area contributed by atoms with Crippen LogP contribution in [0, 0.1) is 0 Å². The molecule has 0 aromatic heterocycles. The van der Waals surface area contributed by atoms with Gasteiger partial charge < -0.3 is 4.74 Å². The van der Waals surface area contributed by atoms with Gasteiger partial charge in [0.15, 0.2) is 0 Å². The normalized spacial score (nSPS) is 32.7. The van der Waals surface area contributed by atoms with Crippen molar-refractivity contribution in [1.29, 1.82) is 0 Å². The molecule has 1 saturated heterocycles. The summed E-state index contributed by atoms with van der Waals surface area (Å²) in [5, 5.41) is 0. The maximum atomic E-state index is 12.3. The fourth-order valence-corrected chi connectivity index (χ4v) is 4.73. The molecule has 0 N–H and O–H groups in total. The lowest BCUT2D eigenvalue weighted by atomic mass is 9.96. The maximum absolute atomic E-state index is 12.3. The third-order valence-corrected chi connectivity index (χ3v) is 6.75. The van der Waals surface area contributed by atoms with E-state index in [1.807, 2.05) is 6.26 Å². The summed E-state index contributed by atoms with van der Waals surface area (Å²) >= 11 is 0. The third kappa shape index (κ3) is 4.62. The van der Waals surface area contributed by atoms with Crippen LogP contribution in [0.5, 0.6) is 0 Å². The molecular weight excluding hydrogens is 256 g/mol. The minimum Gasteiger partial charge on any atom is -0.501 e. The molecule has 3 heteroatoms. The molecule has 19 heavy (non-hydrogen) atoms. The van der Waals surface area contributed by atoms with Crippen molar-refractivity contribution in [2.75, 3.05) is 12.4 Å². The maximum Gasteiger partial charge on any atom is 0.0887 e. The highest BCUT2D eigenvalue weighted by atomic mass is 32.2. The molecular formula is C16H28O2S. The summed E-state index contributed by atoms with van der Waals surface area (Å²) in [5.74, 6) is 0.886. The second-order valence-corrected chi connectivity index (χ2v) is 8.35. The molecule has 2 aliphatic rings. The number of ether oxygens (including phenoxy) is 1. The van der Waals surface area contributed by atoms with Crippen LogP contribution in [-0.2, 0) is 15.5 Å². The van der Waals surface area contributed by atoms with Crippen LogP contribution in [0.25, 0.3) is 0 Å². The van der Waals surface area contributed by atoms with Crippen LogP contribution >= 0.6 is 0 Å². The van der Waals surface area contributed by atoms with Gasteiger partial charge in [0.2, 0.25) is 0 Å². The summed E-state index contributed by atoms with van der Waals surface area (Å²) in [6, 6.07) is 0. The molecule has 1 heterocycles. The van der Waals surface area contributed by atoms with Crippen molar-refractivity contribution in [3.05, 3.63) is 11.8 Å². The van der Waals surface area contributed by atoms with Gasteiger partial charge in [-0.15, -0.1) is 0 Å². The highest BCUT2D eigenvalue weighted by molar-refractivity contribution is 7.86. The van der Waals surface area contributed by atoms with Crippen molar-refractivity contribution in [2.24, 2.45) is 0 Å². The highest BCUT2D eigenvalue weighted by Crippen LogP contribution is 2.30. The molecule has 0 bridgehead atoms. The molecule has 0 aromatic rings. The molecule has 2 atom stereocenters. The molecule has 2 fully saturated rings. The Bertz CT molecular complexity index is 330. The van der Waals surface area contributed by atoms with Crippen LogP contribution in [0.1, 0.15) is 71.1 Å². The fraction of sp³-hybridized carbons (Fsp3) is 0.875. The molecule has 1 aliphatic carbocycles. The molecule has 110 valence electrons. The molecule has 2 rings (SSSR count). The average Bonchev–Trinajstić information content (AvgIpc) is 2.59. The first-order valence-electron chi connectivity index (χ1n) is 7.89. The molecule has 0 aromatic carbocycles. The summed E-state index contributed by atoms with van der Waals surface area (Å²) in [6.07, 6.45) is 14.0. The van der Waals surface area contributed by atoms with Gasteiger partial charge >= 0.3 is 0 Å². The van der Waals surface area contributed by atoms with Gasteiger partial charge in [0.25, 0.3) is 0 Å².